The standard InChI is InChI=1S/C19H18.CH4/c1-3-6-14-10-12-16-8-5-9-17-13-11-15(7-4-2)18(14)19(16)17;/h3,5-13H,4H2,1-2H3;1H4/b6-3+,15-7-;. The van der Waals surface area contributed by atoms with Crippen LogP contribution in [0.1, 0.15) is 33.3 Å². The molecule has 3 rings (SSSR count). The Morgan fingerprint density at radius 2 is 1.60 bits per heavy atom. The summed E-state index contributed by atoms with van der Waals surface area (Å²) in [5, 5.41) is 6.77. The van der Waals surface area contributed by atoms with Crippen molar-refractivity contribution in [1.82, 2.24) is 0 Å². The van der Waals surface area contributed by atoms with E-state index in [1.165, 1.54) is 32.3 Å². The van der Waals surface area contributed by atoms with Crippen LogP contribution in [-0.2, 0) is 0 Å². The molecular formula is C20H22. The molecule has 0 aliphatic carbocycles. The van der Waals surface area contributed by atoms with E-state index in [-0.39, 0.29) is 7.43 Å². The van der Waals surface area contributed by atoms with Gasteiger partial charge in [0.15, 0.2) is 0 Å². The predicted molar refractivity (Wildman–Crippen MR) is 92.9 cm³/mol. The highest BCUT2D eigenvalue weighted by atomic mass is 14.1. The summed E-state index contributed by atoms with van der Waals surface area (Å²) in [6.45, 7) is 4.27. The van der Waals surface area contributed by atoms with E-state index >= 15 is 0 Å². The van der Waals surface area contributed by atoms with E-state index in [1.807, 2.05) is 0 Å². The van der Waals surface area contributed by atoms with E-state index in [0.29, 0.717) is 0 Å². The maximum absolute atomic E-state index is 2.31. The van der Waals surface area contributed by atoms with Gasteiger partial charge in [-0.25, -0.2) is 0 Å². The average molecular weight is 262 g/mol. The quantitative estimate of drug-likeness (QED) is 0.566. The lowest BCUT2D eigenvalue weighted by atomic mass is 9.94. The molecule has 0 bridgehead atoms. The van der Waals surface area contributed by atoms with Gasteiger partial charge in [0.05, 0.1) is 0 Å². The molecule has 0 aromatic heterocycles. The minimum absolute atomic E-state index is 0. The summed E-state index contributed by atoms with van der Waals surface area (Å²) in [4.78, 5) is 0. The van der Waals surface area contributed by atoms with Crippen LogP contribution in [0.15, 0.2) is 48.5 Å². The SMILES string of the molecule is C.C/C=C/c1ccc2cccc3cc/c(=C/CC)c1c23. The van der Waals surface area contributed by atoms with Gasteiger partial charge < -0.3 is 0 Å². The van der Waals surface area contributed by atoms with Crippen molar-refractivity contribution in [3.8, 4) is 0 Å². The molecule has 0 heterocycles. The molecule has 0 unspecified atom stereocenters. The second-order valence-corrected chi connectivity index (χ2v) is 4.88. The Hall–Kier alpha value is -2.08. The van der Waals surface area contributed by atoms with E-state index in [1.54, 1.807) is 0 Å². The minimum Gasteiger partial charge on any atom is -0.0870 e. The monoisotopic (exact) mass is 262 g/mol. The zero-order valence-corrected chi connectivity index (χ0v) is 11.5. The Labute approximate surface area is 121 Å². The maximum Gasteiger partial charge on any atom is -0.00269 e. The summed E-state index contributed by atoms with van der Waals surface area (Å²) in [6, 6.07) is 15.5. The van der Waals surface area contributed by atoms with Crippen LogP contribution in [0.3, 0.4) is 0 Å². The van der Waals surface area contributed by atoms with Gasteiger partial charge >= 0.3 is 0 Å². The Balaban J connectivity index is 0.00000147. The lowest BCUT2D eigenvalue weighted by molar-refractivity contribution is 1.29. The van der Waals surface area contributed by atoms with E-state index in [2.05, 4.69) is 74.5 Å². The molecule has 0 nitrogen and oxygen atoms in total. The lowest BCUT2D eigenvalue weighted by Crippen LogP contribution is -2.03. The first-order valence-electron chi connectivity index (χ1n) is 6.92. The van der Waals surface area contributed by atoms with E-state index in [0.717, 1.165) is 6.42 Å². The number of rotatable bonds is 2. The van der Waals surface area contributed by atoms with Gasteiger partial charge in [-0.1, -0.05) is 75.0 Å². The molecule has 3 aromatic carbocycles. The van der Waals surface area contributed by atoms with Crippen LogP contribution in [0.2, 0.25) is 0 Å². The fraction of sp³-hybridized carbons (Fsp3) is 0.200. The summed E-state index contributed by atoms with van der Waals surface area (Å²) in [6.07, 6.45) is 7.69. The van der Waals surface area contributed by atoms with Crippen LogP contribution in [-0.4, -0.2) is 0 Å². The number of hydrogen-bond donors (Lipinski definition) is 0. The minimum atomic E-state index is 0. The number of allylic oxidation sites excluding steroid dienone is 1. The van der Waals surface area contributed by atoms with Crippen LogP contribution < -0.4 is 5.22 Å². The van der Waals surface area contributed by atoms with E-state index in [4.69, 9.17) is 0 Å². The Morgan fingerprint density at radius 1 is 0.900 bits per heavy atom. The Bertz CT molecular complexity index is 791. The van der Waals surface area contributed by atoms with Gasteiger partial charge in [0.25, 0.3) is 0 Å². The fourth-order valence-corrected chi connectivity index (χ4v) is 2.84. The van der Waals surface area contributed by atoms with Crippen molar-refractivity contribution in [3.05, 3.63) is 59.3 Å². The normalized spacial score (nSPS) is 12.4. The molecule has 102 valence electrons. The second-order valence-electron chi connectivity index (χ2n) is 4.88. The molecule has 0 aliphatic heterocycles. The Morgan fingerprint density at radius 3 is 2.25 bits per heavy atom. The lowest BCUT2D eigenvalue weighted by Gasteiger charge is -2.09. The van der Waals surface area contributed by atoms with Gasteiger partial charge in [-0.3, -0.25) is 0 Å². The van der Waals surface area contributed by atoms with Gasteiger partial charge in [0, 0.05) is 0 Å². The van der Waals surface area contributed by atoms with Crippen LogP contribution in [0.4, 0.5) is 0 Å². The van der Waals surface area contributed by atoms with Gasteiger partial charge in [-0.05, 0) is 45.7 Å². The van der Waals surface area contributed by atoms with Crippen LogP contribution >= 0.6 is 0 Å². The zero-order valence-electron chi connectivity index (χ0n) is 11.5. The van der Waals surface area contributed by atoms with E-state index in [9.17, 15) is 0 Å². The first-order chi connectivity index (χ1) is 9.35. The van der Waals surface area contributed by atoms with Gasteiger partial charge in [0.2, 0.25) is 0 Å². The molecular weight excluding hydrogens is 240 g/mol. The molecule has 0 saturated carbocycles. The highest BCUT2D eigenvalue weighted by Crippen LogP contribution is 2.27. The molecule has 0 heteroatoms. The first-order valence-corrected chi connectivity index (χ1v) is 6.92. The van der Waals surface area contributed by atoms with Crippen LogP contribution in [0.5, 0.6) is 0 Å². The van der Waals surface area contributed by atoms with Crippen molar-refractivity contribution in [1.29, 1.82) is 0 Å². The summed E-state index contributed by atoms with van der Waals surface area (Å²) < 4.78 is 0. The fourth-order valence-electron chi connectivity index (χ4n) is 2.84. The van der Waals surface area contributed by atoms with Gasteiger partial charge in [-0.2, -0.15) is 0 Å². The van der Waals surface area contributed by atoms with Crippen molar-refractivity contribution >= 4 is 33.7 Å². The molecule has 0 amide bonds. The molecule has 3 aromatic rings. The molecule has 0 fully saturated rings. The molecule has 0 atom stereocenters. The third-order valence-electron chi connectivity index (χ3n) is 3.61. The number of benzene rings is 3. The van der Waals surface area contributed by atoms with Crippen LogP contribution in [0.25, 0.3) is 33.7 Å². The Kier molecular flexibility index (Phi) is 4.24. The predicted octanol–water partition coefficient (Wildman–Crippen LogP) is 5.57. The average Bonchev–Trinajstić information content (AvgIpc) is 2.44. The van der Waals surface area contributed by atoms with Gasteiger partial charge in [0.1, 0.15) is 0 Å². The van der Waals surface area contributed by atoms with E-state index < -0.39 is 0 Å². The zero-order chi connectivity index (χ0) is 13.2. The maximum atomic E-state index is 2.31. The van der Waals surface area contributed by atoms with Crippen molar-refractivity contribution in [2.45, 2.75) is 27.7 Å². The third-order valence-corrected chi connectivity index (χ3v) is 3.61. The van der Waals surface area contributed by atoms with Crippen molar-refractivity contribution in [2.24, 2.45) is 0 Å². The number of hydrogen-bond acceptors (Lipinski definition) is 0. The largest absolute Gasteiger partial charge is 0.0870 e. The van der Waals surface area contributed by atoms with Crippen LogP contribution in [0, 0.1) is 0 Å². The molecule has 0 saturated heterocycles. The highest BCUT2D eigenvalue weighted by molar-refractivity contribution is 6.12. The third kappa shape index (κ3) is 2.22. The topological polar surface area (TPSA) is 0 Å². The van der Waals surface area contributed by atoms with Crippen molar-refractivity contribution in [3.63, 3.8) is 0 Å². The summed E-state index contributed by atoms with van der Waals surface area (Å²) >= 11 is 0. The van der Waals surface area contributed by atoms with Crippen molar-refractivity contribution < 1.29 is 0 Å². The highest BCUT2D eigenvalue weighted by Gasteiger charge is 2.05. The summed E-state index contributed by atoms with van der Waals surface area (Å²) in [5.41, 5.74) is 1.31. The van der Waals surface area contributed by atoms with Crippen molar-refractivity contribution in [2.75, 3.05) is 0 Å². The molecule has 0 N–H and O–H groups in total. The smallest absolute Gasteiger partial charge is 0.00269 e. The molecule has 0 radical (unpaired) electrons. The van der Waals surface area contributed by atoms with Gasteiger partial charge in [-0.15, -0.1) is 0 Å². The second kappa shape index (κ2) is 5.92. The molecule has 20 heavy (non-hydrogen) atoms. The summed E-state index contributed by atoms with van der Waals surface area (Å²) in [7, 11) is 0. The molecule has 0 aliphatic rings. The summed E-state index contributed by atoms with van der Waals surface area (Å²) in [5.74, 6) is 0. The first kappa shape index (κ1) is 14.3. The molecule has 0 spiro atoms.